The zero-order chi connectivity index (χ0) is 32.1. The van der Waals surface area contributed by atoms with Gasteiger partial charge in [-0.05, 0) is 47.0 Å². The molecule has 9 nitrogen and oxygen atoms in total. The van der Waals surface area contributed by atoms with Crippen molar-refractivity contribution in [2.24, 2.45) is 0 Å². The molecule has 0 spiro atoms. The lowest BCUT2D eigenvalue weighted by molar-refractivity contribution is -0.0412. The van der Waals surface area contributed by atoms with E-state index in [1.165, 1.54) is 12.3 Å². The molecule has 0 saturated carbocycles. The fourth-order valence-corrected chi connectivity index (χ4v) is 5.94. The molecule has 3 N–H and O–H groups in total. The van der Waals surface area contributed by atoms with Crippen LogP contribution in [0, 0.1) is 0 Å². The van der Waals surface area contributed by atoms with Gasteiger partial charge < -0.3 is 19.9 Å². The van der Waals surface area contributed by atoms with Gasteiger partial charge in [-0.3, -0.25) is 14.7 Å². The SMILES string of the molecule is COc1ccc(C(NC2C(F)[C@H](n3ccc(NC(=O)c4ccccc4)nc3=O)O[C@@H]2CO)(c2ccccc2)c2ccccc2)cc1. The van der Waals surface area contributed by atoms with Crippen molar-refractivity contribution in [3.63, 3.8) is 0 Å². The Morgan fingerprint density at radius 2 is 1.46 bits per heavy atom. The average Bonchev–Trinajstić information content (AvgIpc) is 3.42. The van der Waals surface area contributed by atoms with Gasteiger partial charge in [0.25, 0.3) is 5.91 Å². The summed E-state index contributed by atoms with van der Waals surface area (Å²) in [4.78, 5) is 29.7. The molecule has 1 aromatic heterocycles. The highest BCUT2D eigenvalue weighted by Crippen LogP contribution is 2.41. The number of anilines is 1. The molecule has 0 aliphatic carbocycles. The van der Waals surface area contributed by atoms with Crippen molar-refractivity contribution in [1.29, 1.82) is 0 Å². The number of aliphatic hydroxyl groups is 1. The minimum atomic E-state index is -1.79. The van der Waals surface area contributed by atoms with Crippen LogP contribution in [-0.2, 0) is 10.3 Å². The largest absolute Gasteiger partial charge is 0.497 e. The first-order valence-corrected chi connectivity index (χ1v) is 14.8. The molecule has 0 bridgehead atoms. The second kappa shape index (κ2) is 13.5. The average molecular weight is 621 g/mol. The number of hydrogen-bond acceptors (Lipinski definition) is 7. The van der Waals surface area contributed by atoms with E-state index in [9.17, 15) is 14.7 Å². The summed E-state index contributed by atoms with van der Waals surface area (Å²) < 4.78 is 29.2. The number of hydrogen-bond donors (Lipinski definition) is 3. The van der Waals surface area contributed by atoms with Gasteiger partial charge in [-0.2, -0.15) is 4.98 Å². The van der Waals surface area contributed by atoms with Crippen molar-refractivity contribution in [3.05, 3.63) is 160 Å². The Morgan fingerprint density at radius 3 is 2.00 bits per heavy atom. The number of aromatic nitrogens is 2. The van der Waals surface area contributed by atoms with Gasteiger partial charge in [-0.25, -0.2) is 9.18 Å². The van der Waals surface area contributed by atoms with Crippen LogP contribution in [0.2, 0.25) is 0 Å². The lowest BCUT2D eigenvalue weighted by Gasteiger charge is -2.40. The Balaban J connectivity index is 1.37. The van der Waals surface area contributed by atoms with E-state index in [2.05, 4.69) is 15.6 Å². The van der Waals surface area contributed by atoms with Gasteiger partial charge in [0.2, 0.25) is 0 Å². The number of rotatable bonds is 10. The maximum absolute atomic E-state index is 16.7. The molecule has 4 atom stereocenters. The van der Waals surface area contributed by atoms with E-state index in [4.69, 9.17) is 9.47 Å². The maximum Gasteiger partial charge on any atom is 0.351 e. The summed E-state index contributed by atoms with van der Waals surface area (Å²) in [6.07, 6.45) is -2.87. The zero-order valence-electron chi connectivity index (χ0n) is 25.0. The van der Waals surface area contributed by atoms with Crippen molar-refractivity contribution in [1.82, 2.24) is 14.9 Å². The van der Waals surface area contributed by atoms with Crippen LogP contribution in [0.4, 0.5) is 10.2 Å². The number of nitrogens with zero attached hydrogens (tertiary/aromatic N) is 2. The number of halogens is 1. The molecule has 4 aromatic carbocycles. The van der Waals surface area contributed by atoms with Crippen LogP contribution in [0.3, 0.4) is 0 Å². The summed E-state index contributed by atoms with van der Waals surface area (Å²) >= 11 is 0. The molecule has 2 unspecified atom stereocenters. The molecule has 1 aliphatic rings. The first-order valence-electron chi connectivity index (χ1n) is 14.8. The third-order valence-corrected chi connectivity index (χ3v) is 8.21. The number of benzene rings is 4. The molecule has 1 amide bonds. The third-order valence-electron chi connectivity index (χ3n) is 8.21. The number of aliphatic hydroxyl groups excluding tert-OH is 1. The highest BCUT2D eigenvalue weighted by molar-refractivity contribution is 6.03. The van der Waals surface area contributed by atoms with E-state index >= 15 is 4.39 Å². The lowest BCUT2D eigenvalue weighted by Crippen LogP contribution is -2.56. The molecule has 234 valence electrons. The number of alkyl halides is 1. The van der Waals surface area contributed by atoms with Crippen molar-refractivity contribution in [3.8, 4) is 5.75 Å². The number of carbonyl (C=O) groups is 1. The summed E-state index contributed by atoms with van der Waals surface area (Å²) in [6, 6.07) is 35.6. The number of ether oxygens (including phenoxy) is 2. The van der Waals surface area contributed by atoms with E-state index in [0.29, 0.717) is 11.3 Å². The minimum absolute atomic E-state index is 0.0172. The van der Waals surface area contributed by atoms with Crippen LogP contribution in [0.5, 0.6) is 5.75 Å². The van der Waals surface area contributed by atoms with Crippen molar-refractivity contribution in [2.45, 2.75) is 30.1 Å². The summed E-state index contributed by atoms with van der Waals surface area (Å²) in [5, 5.41) is 16.6. The minimum Gasteiger partial charge on any atom is -0.497 e. The molecular weight excluding hydrogens is 587 g/mol. The van der Waals surface area contributed by atoms with Gasteiger partial charge >= 0.3 is 5.69 Å². The molecule has 1 aliphatic heterocycles. The molecule has 0 radical (unpaired) electrons. The van der Waals surface area contributed by atoms with Crippen molar-refractivity contribution >= 4 is 11.7 Å². The fourth-order valence-electron chi connectivity index (χ4n) is 5.94. The molecule has 5 aromatic rings. The van der Waals surface area contributed by atoms with Crippen LogP contribution in [0.1, 0.15) is 33.3 Å². The van der Waals surface area contributed by atoms with E-state index in [1.54, 1.807) is 37.4 Å². The summed E-state index contributed by atoms with van der Waals surface area (Å²) in [5.41, 5.74) is 0.948. The molecule has 6 rings (SSSR count). The Morgan fingerprint density at radius 1 is 0.891 bits per heavy atom. The second-order valence-corrected chi connectivity index (χ2v) is 10.9. The van der Waals surface area contributed by atoms with Gasteiger partial charge in [0.1, 0.15) is 17.7 Å². The van der Waals surface area contributed by atoms with Crippen LogP contribution < -0.4 is 21.1 Å². The summed E-state index contributed by atoms with van der Waals surface area (Å²) in [7, 11) is 1.59. The van der Waals surface area contributed by atoms with Crippen LogP contribution in [-0.4, -0.2) is 52.6 Å². The smallest absolute Gasteiger partial charge is 0.351 e. The van der Waals surface area contributed by atoms with E-state index < -0.39 is 48.3 Å². The predicted molar refractivity (Wildman–Crippen MR) is 171 cm³/mol. The van der Waals surface area contributed by atoms with Crippen molar-refractivity contribution < 1.29 is 23.8 Å². The Bertz CT molecular complexity index is 1780. The normalized spacial score (nSPS) is 19.5. The third kappa shape index (κ3) is 5.93. The molecule has 2 heterocycles. The molecule has 10 heteroatoms. The second-order valence-electron chi connectivity index (χ2n) is 10.9. The van der Waals surface area contributed by atoms with Gasteiger partial charge in [0, 0.05) is 11.8 Å². The lowest BCUT2D eigenvalue weighted by atomic mass is 9.76. The van der Waals surface area contributed by atoms with Gasteiger partial charge in [-0.15, -0.1) is 0 Å². The molecule has 46 heavy (non-hydrogen) atoms. The number of amides is 1. The quantitative estimate of drug-likeness (QED) is 0.194. The Labute approximate surface area is 265 Å². The summed E-state index contributed by atoms with van der Waals surface area (Å²) in [5.74, 6) is 0.241. The van der Waals surface area contributed by atoms with Gasteiger partial charge in [-0.1, -0.05) is 91.0 Å². The summed E-state index contributed by atoms with van der Waals surface area (Å²) in [6.45, 7) is -0.510. The topological polar surface area (TPSA) is 115 Å². The van der Waals surface area contributed by atoms with Crippen LogP contribution in [0.25, 0.3) is 0 Å². The van der Waals surface area contributed by atoms with Gasteiger partial charge in [0.15, 0.2) is 12.4 Å². The first-order chi connectivity index (χ1) is 22.4. The van der Waals surface area contributed by atoms with E-state index in [-0.39, 0.29) is 5.82 Å². The monoisotopic (exact) mass is 620 g/mol. The van der Waals surface area contributed by atoms with Crippen LogP contribution >= 0.6 is 0 Å². The Kier molecular flexibility index (Phi) is 9.02. The first kappa shape index (κ1) is 30.8. The van der Waals surface area contributed by atoms with Gasteiger partial charge in [0.05, 0.1) is 25.3 Å². The number of nitrogens with one attached hydrogen (secondary N) is 2. The number of methoxy groups -OCH3 is 1. The maximum atomic E-state index is 16.7. The molecular formula is C36H33FN4O5. The van der Waals surface area contributed by atoms with Crippen LogP contribution in [0.15, 0.2) is 132 Å². The van der Waals surface area contributed by atoms with E-state index in [1.807, 2.05) is 84.9 Å². The molecule has 1 fully saturated rings. The highest BCUT2D eigenvalue weighted by Gasteiger charge is 2.50. The Hall–Kier alpha value is -5.16. The zero-order valence-corrected chi connectivity index (χ0v) is 25.0. The molecule has 1 saturated heterocycles. The number of carbonyl (C=O) groups excluding carboxylic acids is 1. The van der Waals surface area contributed by atoms with E-state index in [0.717, 1.165) is 21.3 Å². The van der Waals surface area contributed by atoms with Crippen molar-refractivity contribution in [2.75, 3.05) is 19.0 Å². The predicted octanol–water partition coefficient (Wildman–Crippen LogP) is 4.68. The standard InChI is InChI=1S/C36H33FN4O5/c1-45-28-19-17-27(18-20-28)36(25-13-7-3-8-14-25,26-15-9-4-10-16-26)40-32-29(23-42)46-34(31(32)37)41-22-21-30(39-35(41)44)38-33(43)24-11-5-2-6-12-24/h2-22,29,31-32,34,40,42H,23H2,1H3,(H,38,39,43,44)/t29-,31?,32?,34-/m1/s1. The highest BCUT2D eigenvalue weighted by atomic mass is 19.1. The fraction of sp³-hybridized carbons (Fsp3) is 0.194.